The second-order valence-electron chi connectivity index (χ2n) is 4.64. The lowest BCUT2D eigenvalue weighted by Crippen LogP contribution is -2.04. The molecule has 0 radical (unpaired) electrons. The summed E-state index contributed by atoms with van der Waals surface area (Å²) >= 11 is 0. The molecule has 0 aliphatic heterocycles. The maximum absolute atomic E-state index is 10.1. The zero-order valence-electron chi connectivity index (χ0n) is 9.39. The van der Waals surface area contributed by atoms with Crippen molar-refractivity contribution >= 4 is 0 Å². The van der Waals surface area contributed by atoms with Crippen molar-refractivity contribution in [3.63, 3.8) is 0 Å². The molecule has 0 amide bonds. The Balaban J connectivity index is 1.97. The Morgan fingerprint density at radius 3 is 2.44 bits per heavy atom. The van der Waals surface area contributed by atoms with Gasteiger partial charge in [-0.25, -0.2) is 0 Å². The van der Waals surface area contributed by atoms with Crippen molar-refractivity contribution < 1.29 is 5.11 Å². The third-order valence-electron chi connectivity index (χ3n) is 3.46. The molecule has 1 fully saturated rings. The van der Waals surface area contributed by atoms with Crippen molar-refractivity contribution in [3.8, 4) is 6.07 Å². The van der Waals surface area contributed by atoms with Crippen LogP contribution < -0.4 is 0 Å². The van der Waals surface area contributed by atoms with Gasteiger partial charge in [-0.1, -0.05) is 37.8 Å². The molecule has 1 aromatic rings. The van der Waals surface area contributed by atoms with Crippen LogP contribution >= 0.6 is 0 Å². The Kier molecular flexibility index (Phi) is 3.58. The van der Waals surface area contributed by atoms with Gasteiger partial charge in [-0.05, 0) is 30.0 Å². The van der Waals surface area contributed by atoms with Gasteiger partial charge in [-0.2, -0.15) is 5.26 Å². The summed E-state index contributed by atoms with van der Waals surface area (Å²) in [6.45, 7) is 0. The quantitative estimate of drug-likeness (QED) is 0.841. The molecular formula is C14H17NO. The van der Waals surface area contributed by atoms with Crippen LogP contribution in [0.3, 0.4) is 0 Å². The van der Waals surface area contributed by atoms with Crippen molar-refractivity contribution in [3.05, 3.63) is 35.4 Å². The lowest BCUT2D eigenvalue weighted by Gasteiger charge is -2.15. The van der Waals surface area contributed by atoms with Gasteiger partial charge in [0.05, 0.1) is 17.7 Å². The Bertz CT molecular complexity index is 371. The maximum Gasteiger partial charge on any atom is 0.0991 e. The molecule has 84 valence electrons. The third-order valence-corrected chi connectivity index (χ3v) is 3.46. The zero-order valence-corrected chi connectivity index (χ0v) is 9.39. The van der Waals surface area contributed by atoms with Crippen molar-refractivity contribution in [2.24, 2.45) is 5.92 Å². The minimum atomic E-state index is -0.365. The molecule has 1 atom stereocenters. The third kappa shape index (κ3) is 2.62. The number of nitriles is 1. The van der Waals surface area contributed by atoms with Crippen LogP contribution in [0, 0.1) is 17.2 Å². The highest BCUT2D eigenvalue weighted by Crippen LogP contribution is 2.32. The minimum absolute atomic E-state index is 0.365. The van der Waals surface area contributed by atoms with Crippen LogP contribution in [0.4, 0.5) is 0 Å². The number of hydrogen-bond donors (Lipinski definition) is 1. The van der Waals surface area contributed by atoms with E-state index in [0.29, 0.717) is 11.5 Å². The molecule has 1 aliphatic rings. The normalized spacial score (nSPS) is 18.2. The van der Waals surface area contributed by atoms with E-state index < -0.39 is 0 Å². The highest BCUT2D eigenvalue weighted by atomic mass is 16.3. The van der Waals surface area contributed by atoms with E-state index in [9.17, 15) is 5.11 Å². The number of aliphatic hydroxyl groups excluding tert-OH is 1. The molecule has 0 saturated heterocycles. The summed E-state index contributed by atoms with van der Waals surface area (Å²) in [5, 5.41) is 18.7. The topological polar surface area (TPSA) is 44.0 Å². The first-order valence-electron chi connectivity index (χ1n) is 5.97. The second kappa shape index (κ2) is 5.14. The van der Waals surface area contributed by atoms with Gasteiger partial charge in [0.25, 0.3) is 0 Å². The van der Waals surface area contributed by atoms with Gasteiger partial charge < -0.3 is 5.11 Å². The molecule has 1 aliphatic carbocycles. The van der Waals surface area contributed by atoms with Crippen LogP contribution in [-0.2, 0) is 0 Å². The predicted molar refractivity (Wildman–Crippen MR) is 62.7 cm³/mol. The summed E-state index contributed by atoms with van der Waals surface area (Å²) in [6.07, 6.45) is 5.64. The average Bonchev–Trinajstić information content (AvgIpc) is 2.82. The van der Waals surface area contributed by atoms with E-state index in [1.54, 1.807) is 12.1 Å². The predicted octanol–water partition coefficient (Wildman–Crippen LogP) is 3.17. The second-order valence-corrected chi connectivity index (χ2v) is 4.64. The first-order chi connectivity index (χ1) is 7.79. The van der Waals surface area contributed by atoms with Crippen molar-refractivity contribution in [2.45, 2.75) is 38.2 Å². The number of rotatable bonds is 3. The summed E-state index contributed by atoms with van der Waals surface area (Å²) in [5.41, 5.74) is 1.59. The largest absolute Gasteiger partial charge is 0.388 e. The van der Waals surface area contributed by atoms with Crippen molar-refractivity contribution in [1.82, 2.24) is 0 Å². The summed E-state index contributed by atoms with van der Waals surface area (Å²) in [7, 11) is 0. The monoisotopic (exact) mass is 215 g/mol. The summed E-state index contributed by atoms with van der Waals surface area (Å²) in [5.74, 6) is 0.686. The minimum Gasteiger partial charge on any atom is -0.388 e. The van der Waals surface area contributed by atoms with Crippen molar-refractivity contribution in [1.29, 1.82) is 5.26 Å². The van der Waals surface area contributed by atoms with Crippen molar-refractivity contribution in [2.75, 3.05) is 0 Å². The smallest absolute Gasteiger partial charge is 0.0991 e. The summed E-state index contributed by atoms with van der Waals surface area (Å²) in [4.78, 5) is 0. The highest BCUT2D eigenvalue weighted by Gasteiger charge is 2.19. The molecule has 2 rings (SSSR count). The van der Waals surface area contributed by atoms with Gasteiger partial charge >= 0.3 is 0 Å². The number of benzene rings is 1. The van der Waals surface area contributed by atoms with E-state index in [0.717, 1.165) is 12.0 Å². The first-order valence-corrected chi connectivity index (χ1v) is 5.97. The average molecular weight is 215 g/mol. The lowest BCUT2D eigenvalue weighted by molar-refractivity contribution is 0.145. The van der Waals surface area contributed by atoms with E-state index in [1.807, 2.05) is 12.1 Å². The van der Waals surface area contributed by atoms with Gasteiger partial charge in [0.15, 0.2) is 0 Å². The number of aliphatic hydroxyl groups is 1. The SMILES string of the molecule is N#Cc1ccc(C(O)CC2CCCC2)cc1. The molecule has 0 aromatic heterocycles. The Morgan fingerprint density at radius 2 is 1.88 bits per heavy atom. The molecule has 1 aromatic carbocycles. The fourth-order valence-corrected chi connectivity index (χ4v) is 2.48. The van der Waals surface area contributed by atoms with E-state index in [1.165, 1.54) is 25.7 Å². The molecule has 16 heavy (non-hydrogen) atoms. The lowest BCUT2D eigenvalue weighted by atomic mass is 9.95. The zero-order chi connectivity index (χ0) is 11.4. The highest BCUT2D eigenvalue weighted by molar-refractivity contribution is 5.32. The maximum atomic E-state index is 10.1. The molecule has 2 nitrogen and oxygen atoms in total. The van der Waals surface area contributed by atoms with Crippen LogP contribution in [0.2, 0.25) is 0 Å². The van der Waals surface area contributed by atoms with E-state index in [2.05, 4.69) is 6.07 Å². The molecular weight excluding hydrogens is 198 g/mol. The Morgan fingerprint density at radius 1 is 1.25 bits per heavy atom. The van der Waals surface area contributed by atoms with Gasteiger partial charge in [0.1, 0.15) is 0 Å². The fourth-order valence-electron chi connectivity index (χ4n) is 2.48. The molecule has 1 saturated carbocycles. The van der Waals surface area contributed by atoms with Crippen LogP contribution in [0.5, 0.6) is 0 Å². The standard InChI is InChI=1S/C14H17NO/c15-10-12-5-7-13(8-6-12)14(16)9-11-3-1-2-4-11/h5-8,11,14,16H,1-4,9H2. The molecule has 2 heteroatoms. The molecule has 0 bridgehead atoms. The van der Waals surface area contributed by atoms with Gasteiger partial charge in [-0.15, -0.1) is 0 Å². The first kappa shape index (κ1) is 11.2. The van der Waals surface area contributed by atoms with Crippen LogP contribution in [-0.4, -0.2) is 5.11 Å². The van der Waals surface area contributed by atoms with Gasteiger partial charge in [-0.3, -0.25) is 0 Å². The molecule has 1 unspecified atom stereocenters. The fraction of sp³-hybridized carbons (Fsp3) is 0.500. The summed E-state index contributed by atoms with van der Waals surface area (Å²) < 4.78 is 0. The molecule has 0 spiro atoms. The van der Waals surface area contributed by atoms with E-state index in [4.69, 9.17) is 5.26 Å². The van der Waals surface area contributed by atoms with E-state index in [-0.39, 0.29) is 6.10 Å². The van der Waals surface area contributed by atoms with Crippen LogP contribution in [0.25, 0.3) is 0 Å². The molecule has 1 N–H and O–H groups in total. The van der Waals surface area contributed by atoms with Crippen LogP contribution in [0.1, 0.15) is 49.3 Å². The Labute approximate surface area is 96.5 Å². The van der Waals surface area contributed by atoms with Gasteiger partial charge in [0.2, 0.25) is 0 Å². The van der Waals surface area contributed by atoms with Gasteiger partial charge in [0, 0.05) is 0 Å². The molecule has 0 heterocycles. The Hall–Kier alpha value is -1.33. The number of hydrogen-bond acceptors (Lipinski definition) is 2. The summed E-state index contributed by atoms with van der Waals surface area (Å²) in [6, 6.07) is 9.35. The van der Waals surface area contributed by atoms with Crippen LogP contribution in [0.15, 0.2) is 24.3 Å². The van der Waals surface area contributed by atoms with E-state index >= 15 is 0 Å². The number of nitrogens with zero attached hydrogens (tertiary/aromatic N) is 1.